The molecule has 138 valence electrons. The van der Waals surface area contributed by atoms with Crippen molar-refractivity contribution in [2.24, 2.45) is 7.05 Å². The van der Waals surface area contributed by atoms with Gasteiger partial charge in [-0.1, -0.05) is 0 Å². The number of benzene rings is 1. The minimum absolute atomic E-state index is 0.0991. The van der Waals surface area contributed by atoms with Crippen molar-refractivity contribution in [3.8, 4) is 0 Å². The third-order valence-corrected chi connectivity index (χ3v) is 5.21. The third-order valence-electron chi connectivity index (χ3n) is 4.66. The van der Waals surface area contributed by atoms with Crippen LogP contribution in [0.5, 0.6) is 0 Å². The highest BCUT2D eigenvalue weighted by atomic mass is 79.9. The molecule has 1 saturated heterocycles. The Morgan fingerprint density at radius 2 is 1.96 bits per heavy atom. The van der Waals surface area contributed by atoms with E-state index in [1.807, 2.05) is 0 Å². The summed E-state index contributed by atoms with van der Waals surface area (Å²) < 4.78 is 3.18. The number of halogens is 1. The molecule has 4 rings (SSSR count). The first-order valence-corrected chi connectivity index (χ1v) is 9.26. The topological polar surface area (TPSA) is 90.1 Å². The van der Waals surface area contributed by atoms with Gasteiger partial charge in [0.15, 0.2) is 11.4 Å². The lowest BCUT2D eigenvalue weighted by Gasteiger charge is -2.15. The number of hydrogen-bond donors (Lipinski definition) is 0. The molecule has 1 aliphatic rings. The second kappa shape index (κ2) is 6.73. The van der Waals surface area contributed by atoms with Gasteiger partial charge >= 0.3 is 0 Å². The molecule has 0 N–H and O–H groups in total. The SMILES string of the molecule is Cn1nc(Br)c2c(=O)n(CC(=O)c3ccc(N4CCCC4=O)cc3)cnc21. The number of aryl methyl sites for hydroxylation is 1. The van der Waals surface area contributed by atoms with Gasteiger partial charge in [0.2, 0.25) is 5.91 Å². The van der Waals surface area contributed by atoms with E-state index in [4.69, 9.17) is 0 Å². The summed E-state index contributed by atoms with van der Waals surface area (Å²) in [5.74, 6) is -0.111. The fourth-order valence-corrected chi connectivity index (χ4v) is 3.83. The van der Waals surface area contributed by atoms with Crippen LogP contribution in [0.3, 0.4) is 0 Å². The first-order valence-electron chi connectivity index (χ1n) is 8.47. The Bertz CT molecular complexity index is 1120. The average Bonchev–Trinajstić information content (AvgIpc) is 3.20. The Kier molecular flexibility index (Phi) is 4.39. The number of aromatic nitrogens is 4. The Morgan fingerprint density at radius 3 is 2.63 bits per heavy atom. The lowest BCUT2D eigenvalue weighted by molar-refractivity contribution is -0.117. The van der Waals surface area contributed by atoms with Crippen molar-refractivity contribution in [1.29, 1.82) is 0 Å². The Labute approximate surface area is 162 Å². The molecule has 0 aliphatic carbocycles. The van der Waals surface area contributed by atoms with Gasteiger partial charge in [-0.05, 0) is 46.6 Å². The molecule has 2 aromatic heterocycles. The molecule has 0 saturated carbocycles. The number of carbonyl (C=O) groups is 2. The molecule has 1 aromatic carbocycles. The van der Waals surface area contributed by atoms with Gasteiger partial charge in [-0.3, -0.25) is 19.0 Å². The number of amides is 1. The minimum atomic E-state index is -0.326. The van der Waals surface area contributed by atoms with E-state index in [1.165, 1.54) is 15.6 Å². The van der Waals surface area contributed by atoms with E-state index in [1.54, 1.807) is 36.2 Å². The van der Waals surface area contributed by atoms with Crippen LogP contribution >= 0.6 is 15.9 Å². The Balaban J connectivity index is 1.58. The zero-order valence-electron chi connectivity index (χ0n) is 14.6. The Morgan fingerprint density at radius 1 is 1.22 bits per heavy atom. The summed E-state index contributed by atoms with van der Waals surface area (Å²) in [6.07, 6.45) is 2.76. The number of rotatable bonds is 4. The predicted octanol–water partition coefficient (Wildman–Crippen LogP) is 1.90. The van der Waals surface area contributed by atoms with Crippen molar-refractivity contribution in [2.75, 3.05) is 11.4 Å². The van der Waals surface area contributed by atoms with Crippen LogP contribution in [0, 0.1) is 0 Å². The van der Waals surface area contributed by atoms with Crippen LogP contribution in [-0.4, -0.2) is 37.6 Å². The first-order chi connectivity index (χ1) is 13.0. The molecule has 1 aliphatic heterocycles. The Hall–Kier alpha value is -2.81. The maximum atomic E-state index is 12.6. The molecule has 0 radical (unpaired) electrons. The van der Waals surface area contributed by atoms with Crippen molar-refractivity contribution < 1.29 is 9.59 Å². The summed E-state index contributed by atoms with van der Waals surface area (Å²) >= 11 is 3.26. The van der Waals surface area contributed by atoms with Crippen LogP contribution in [0.25, 0.3) is 11.0 Å². The molecular formula is C18H16BrN5O3. The average molecular weight is 430 g/mol. The fraction of sp³-hybridized carbons (Fsp3) is 0.278. The van der Waals surface area contributed by atoms with Gasteiger partial charge in [0, 0.05) is 31.3 Å². The quantitative estimate of drug-likeness (QED) is 0.590. The lowest BCUT2D eigenvalue weighted by atomic mass is 10.1. The normalized spacial score (nSPS) is 14.3. The molecule has 0 bridgehead atoms. The van der Waals surface area contributed by atoms with Gasteiger partial charge in [-0.15, -0.1) is 0 Å². The van der Waals surface area contributed by atoms with E-state index in [0.717, 1.165) is 12.1 Å². The maximum Gasteiger partial charge on any atom is 0.266 e. The van der Waals surface area contributed by atoms with Gasteiger partial charge in [0.05, 0.1) is 6.54 Å². The van der Waals surface area contributed by atoms with Crippen molar-refractivity contribution in [3.05, 3.63) is 51.1 Å². The molecule has 9 heteroatoms. The highest BCUT2D eigenvalue weighted by Crippen LogP contribution is 2.22. The first kappa shape index (κ1) is 17.6. The van der Waals surface area contributed by atoms with Crippen LogP contribution < -0.4 is 10.5 Å². The van der Waals surface area contributed by atoms with E-state index in [2.05, 4.69) is 26.0 Å². The third kappa shape index (κ3) is 3.08. The summed E-state index contributed by atoms with van der Waals surface area (Å²) in [5, 5.41) is 4.47. The second-order valence-corrected chi connectivity index (χ2v) is 7.16. The fourth-order valence-electron chi connectivity index (χ4n) is 3.24. The van der Waals surface area contributed by atoms with Crippen molar-refractivity contribution >= 4 is 44.3 Å². The highest BCUT2D eigenvalue weighted by molar-refractivity contribution is 9.10. The standard InChI is InChI=1S/C18H16BrN5O3/c1-22-17-15(16(19)21-22)18(27)23(10-20-17)9-13(25)11-4-6-12(7-5-11)24-8-2-3-14(24)26/h4-7,10H,2-3,8-9H2,1H3. The maximum absolute atomic E-state index is 12.6. The van der Waals surface area contributed by atoms with Crippen molar-refractivity contribution in [1.82, 2.24) is 19.3 Å². The highest BCUT2D eigenvalue weighted by Gasteiger charge is 2.22. The van der Waals surface area contributed by atoms with Gasteiger partial charge < -0.3 is 4.90 Å². The molecule has 3 aromatic rings. The zero-order valence-corrected chi connectivity index (χ0v) is 16.1. The van der Waals surface area contributed by atoms with E-state index in [9.17, 15) is 14.4 Å². The van der Waals surface area contributed by atoms with E-state index < -0.39 is 0 Å². The molecule has 0 spiro atoms. The molecule has 0 atom stereocenters. The smallest absolute Gasteiger partial charge is 0.266 e. The molecule has 8 nitrogen and oxygen atoms in total. The van der Waals surface area contributed by atoms with E-state index in [0.29, 0.717) is 34.2 Å². The predicted molar refractivity (Wildman–Crippen MR) is 103 cm³/mol. The molecule has 0 unspecified atom stereocenters. The number of nitrogens with zero attached hydrogens (tertiary/aromatic N) is 5. The minimum Gasteiger partial charge on any atom is -0.312 e. The number of anilines is 1. The zero-order chi connectivity index (χ0) is 19.1. The number of carbonyl (C=O) groups excluding carboxylic acids is 2. The molecule has 3 heterocycles. The van der Waals surface area contributed by atoms with Gasteiger partial charge in [-0.2, -0.15) is 5.10 Å². The van der Waals surface area contributed by atoms with Gasteiger partial charge in [0.25, 0.3) is 5.56 Å². The number of hydrogen-bond acceptors (Lipinski definition) is 5. The van der Waals surface area contributed by atoms with Crippen molar-refractivity contribution in [3.63, 3.8) is 0 Å². The van der Waals surface area contributed by atoms with Crippen LogP contribution in [0.4, 0.5) is 5.69 Å². The van der Waals surface area contributed by atoms with E-state index in [-0.39, 0.29) is 23.8 Å². The molecule has 1 fully saturated rings. The van der Waals surface area contributed by atoms with E-state index >= 15 is 0 Å². The number of Topliss-reactive ketones (excluding diaryl/α,β-unsaturated/α-hetero) is 1. The summed E-state index contributed by atoms with van der Waals surface area (Å²) in [5.41, 5.74) is 1.39. The summed E-state index contributed by atoms with van der Waals surface area (Å²) in [4.78, 5) is 43.0. The van der Waals surface area contributed by atoms with Gasteiger partial charge in [0.1, 0.15) is 16.3 Å². The van der Waals surface area contributed by atoms with Crippen LogP contribution in [-0.2, 0) is 18.4 Å². The number of fused-ring (bicyclic) bond motifs is 1. The van der Waals surface area contributed by atoms with Crippen LogP contribution in [0.15, 0.2) is 40.0 Å². The van der Waals surface area contributed by atoms with Crippen LogP contribution in [0.1, 0.15) is 23.2 Å². The van der Waals surface area contributed by atoms with Crippen molar-refractivity contribution in [2.45, 2.75) is 19.4 Å². The second-order valence-electron chi connectivity index (χ2n) is 6.41. The summed E-state index contributed by atoms with van der Waals surface area (Å²) in [6.45, 7) is 0.582. The van der Waals surface area contributed by atoms with Gasteiger partial charge in [-0.25, -0.2) is 9.67 Å². The summed E-state index contributed by atoms with van der Waals surface area (Å²) in [7, 11) is 1.70. The summed E-state index contributed by atoms with van der Waals surface area (Å²) in [6, 6.07) is 6.89. The molecule has 27 heavy (non-hydrogen) atoms. The largest absolute Gasteiger partial charge is 0.312 e. The number of ketones is 1. The monoisotopic (exact) mass is 429 g/mol. The lowest BCUT2D eigenvalue weighted by Crippen LogP contribution is -2.25. The molecule has 1 amide bonds. The molecular weight excluding hydrogens is 414 g/mol. The van der Waals surface area contributed by atoms with Crippen LogP contribution in [0.2, 0.25) is 0 Å².